The lowest BCUT2D eigenvalue weighted by Crippen LogP contribution is -2.33. The molecule has 9 heteroatoms. The quantitative estimate of drug-likeness (QED) is 0.854. The van der Waals surface area contributed by atoms with Gasteiger partial charge >= 0.3 is 0 Å². The van der Waals surface area contributed by atoms with E-state index in [0.29, 0.717) is 17.7 Å². The lowest BCUT2D eigenvalue weighted by Gasteiger charge is -2.20. The molecule has 0 radical (unpaired) electrons. The Morgan fingerprint density at radius 3 is 2.74 bits per heavy atom. The standard InChI is InChI=1S/C18H29N7O2/c1-18(2,3)13-10-14(24(6)21-13)19-15(26)11-25-9-7-8-12(25)16-20-17(22-27-16)23(4)5/h10,12H,7-9,11H2,1-6H3,(H,19,26). The molecule has 1 aliphatic heterocycles. The molecule has 0 spiro atoms. The van der Waals surface area contributed by atoms with Crippen LogP contribution in [0.5, 0.6) is 0 Å². The van der Waals surface area contributed by atoms with E-state index in [1.165, 1.54) is 0 Å². The third kappa shape index (κ3) is 4.29. The van der Waals surface area contributed by atoms with Gasteiger partial charge in [0, 0.05) is 32.6 Å². The van der Waals surface area contributed by atoms with Crippen LogP contribution in [0, 0.1) is 0 Å². The molecule has 0 saturated carbocycles. The van der Waals surface area contributed by atoms with Gasteiger partial charge in [-0.05, 0) is 24.5 Å². The average molecular weight is 375 g/mol. The van der Waals surface area contributed by atoms with Gasteiger partial charge in [-0.3, -0.25) is 14.4 Å². The predicted octanol–water partition coefficient (Wildman–Crippen LogP) is 1.94. The largest absolute Gasteiger partial charge is 0.344 e. The van der Waals surface area contributed by atoms with Crippen molar-refractivity contribution in [1.29, 1.82) is 0 Å². The number of carbonyl (C=O) groups excluding carboxylic acids is 1. The summed E-state index contributed by atoms with van der Waals surface area (Å²) >= 11 is 0. The molecule has 1 saturated heterocycles. The molecule has 2 aromatic rings. The maximum atomic E-state index is 12.6. The molecule has 1 amide bonds. The maximum absolute atomic E-state index is 12.6. The van der Waals surface area contributed by atoms with Crippen molar-refractivity contribution in [2.24, 2.45) is 7.05 Å². The molecule has 0 bridgehead atoms. The minimum Gasteiger partial charge on any atom is -0.344 e. The van der Waals surface area contributed by atoms with Gasteiger partial charge in [-0.1, -0.05) is 20.8 Å². The summed E-state index contributed by atoms with van der Waals surface area (Å²) in [6, 6.07) is 1.91. The molecule has 9 nitrogen and oxygen atoms in total. The van der Waals surface area contributed by atoms with Crippen LogP contribution < -0.4 is 10.2 Å². The predicted molar refractivity (Wildman–Crippen MR) is 103 cm³/mol. The Morgan fingerprint density at radius 1 is 1.41 bits per heavy atom. The molecule has 1 aliphatic rings. The zero-order valence-corrected chi connectivity index (χ0v) is 17.0. The number of hydrogen-bond donors (Lipinski definition) is 1. The van der Waals surface area contributed by atoms with Crippen LogP contribution in [0.25, 0.3) is 0 Å². The first kappa shape index (κ1) is 19.3. The van der Waals surface area contributed by atoms with Gasteiger partial charge in [0.2, 0.25) is 11.8 Å². The second kappa shape index (κ2) is 7.30. The summed E-state index contributed by atoms with van der Waals surface area (Å²) in [5, 5.41) is 11.4. The van der Waals surface area contributed by atoms with E-state index in [1.807, 2.05) is 27.2 Å². The van der Waals surface area contributed by atoms with Gasteiger partial charge in [-0.2, -0.15) is 10.1 Å². The van der Waals surface area contributed by atoms with Crippen molar-refractivity contribution in [3.63, 3.8) is 0 Å². The third-order valence-corrected chi connectivity index (χ3v) is 4.74. The zero-order valence-electron chi connectivity index (χ0n) is 17.0. The van der Waals surface area contributed by atoms with Gasteiger partial charge < -0.3 is 14.7 Å². The van der Waals surface area contributed by atoms with Crippen LogP contribution in [0.4, 0.5) is 11.8 Å². The van der Waals surface area contributed by atoms with Crippen LogP contribution >= 0.6 is 0 Å². The first-order chi connectivity index (χ1) is 12.6. The SMILES string of the molecule is CN(C)c1noc(C2CCCN2CC(=O)Nc2cc(C(C)(C)C)nn2C)n1. The second-order valence-corrected chi connectivity index (χ2v) is 8.29. The zero-order chi connectivity index (χ0) is 19.8. The lowest BCUT2D eigenvalue weighted by molar-refractivity contribution is -0.117. The smallest absolute Gasteiger partial charge is 0.265 e. The summed E-state index contributed by atoms with van der Waals surface area (Å²) in [7, 11) is 5.58. The number of likely N-dealkylation sites (tertiary alicyclic amines) is 1. The van der Waals surface area contributed by atoms with Crippen molar-refractivity contribution in [1.82, 2.24) is 24.8 Å². The van der Waals surface area contributed by atoms with Crippen LogP contribution in [-0.2, 0) is 17.3 Å². The molecule has 148 valence electrons. The Balaban J connectivity index is 1.65. The van der Waals surface area contributed by atoms with Gasteiger partial charge in [0.05, 0.1) is 18.3 Å². The van der Waals surface area contributed by atoms with Gasteiger partial charge in [-0.25, -0.2) is 0 Å². The van der Waals surface area contributed by atoms with E-state index >= 15 is 0 Å². The van der Waals surface area contributed by atoms with Gasteiger partial charge in [0.15, 0.2) is 0 Å². The van der Waals surface area contributed by atoms with Crippen LogP contribution in [0.15, 0.2) is 10.6 Å². The minimum atomic E-state index is -0.0716. The second-order valence-electron chi connectivity index (χ2n) is 8.29. The average Bonchev–Trinajstić information content (AvgIpc) is 3.26. The molecule has 1 atom stereocenters. The molecular formula is C18H29N7O2. The highest BCUT2D eigenvalue weighted by Gasteiger charge is 2.32. The lowest BCUT2D eigenvalue weighted by atomic mass is 9.92. The number of hydrogen-bond acceptors (Lipinski definition) is 7. The van der Waals surface area contributed by atoms with Gasteiger partial charge in [0.1, 0.15) is 5.82 Å². The van der Waals surface area contributed by atoms with Crippen LogP contribution in [-0.4, -0.2) is 57.9 Å². The van der Waals surface area contributed by atoms with E-state index in [9.17, 15) is 4.79 Å². The third-order valence-electron chi connectivity index (χ3n) is 4.74. The molecule has 1 N–H and O–H groups in total. The van der Waals surface area contributed by atoms with Crippen LogP contribution in [0.2, 0.25) is 0 Å². The monoisotopic (exact) mass is 375 g/mol. The molecular weight excluding hydrogens is 346 g/mol. The first-order valence-electron chi connectivity index (χ1n) is 9.24. The summed E-state index contributed by atoms with van der Waals surface area (Å²) in [5.74, 6) is 1.75. The van der Waals surface area contributed by atoms with Crippen molar-refractivity contribution >= 4 is 17.7 Å². The Hall–Kier alpha value is -2.42. The Labute approximate surface area is 159 Å². The molecule has 3 rings (SSSR count). The van der Waals surface area contributed by atoms with E-state index in [2.05, 4.69) is 46.2 Å². The Bertz CT molecular complexity index is 803. The van der Waals surface area contributed by atoms with Crippen molar-refractivity contribution in [2.75, 3.05) is 37.4 Å². The molecule has 0 aromatic carbocycles. The number of nitrogens with zero attached hydrogens (tertiary/aromatic N) is 6. The van der Waals surface area contributed by atoms with E-state index in [1.54, 1.807) is 9.58 Å². The Kier molecular flexibility index (Phi) is 5.23. The van der Waals surface area contributed by atoms with Crippen molar-refractivity contribution in [2.45, 2.75) is 45.1 Å². The van der Waals surface area contributed by atoms with Gasteiger partial charge in [0.25, 0.3) is 5.95 Å². The summed E-state index contributed by atoms with van der Waals surface area (Å²) < 4.78 is 7.12. The summed E-state index contributed by atoms with van der Waals surface area (Å²) in [6.45, 7) is 7.41. The highest BCUT2D eigenvalue weighted by atomic mass is 16.5. The van der Waals surface area contributed by atoms with Crippen molar-refractivity contribution < 1.29 is 9.32 Å². The van der Waals surface area contributed by atoms with Crippen LogP contribution in [0.3, 0.4) is 0 Å². The molecule has 1 fully saturated rings. The number of amides is 1. The fourth-order valence-electron chi connectivity index (χ4n) is 3.16. The highest BCUT2D eigenvalue weighted by Crippen LogP contribution is 2.31. The number of aromatic nitrogens is 4. The van der Waals surface area contributed by atoms with Gasteiger partial charge in [-0.15, -0.1) is 0 Å². The molecule has 27 heavy (non-hydrogen) atoms. The summed E-state index contributed by atoms with van der Waals surface area (Å²) in [6.07, 6.45) is 1.90. The number of anilines is 2. The summed E-state index contributed by atoms with van der Waals surface area (Å²) in [4.78, 5) is 20.9. The molecule has 2 aromatic heterocycles. The first-order valence-corrected chi connectivity index (χ1v) is 9.24. The summed E-state index contributed by atoms with van der Waals surface area (Å²) in [5.41, 5.74) is 0.879. The van der Waals surface area contributed by atoms with Crippen molar-refractivity contribution in [3.8, 4) is 0 Å². The highest BCUT2D eigenvalue weighted by molar-refractivity contribution is 5.91. The number of nitrogens with one attached hydrogen (secondary N) is 1. The number of aryl methyl sites for hydroxylation is 1. The fourth-order valence-corrected chi connectivity index (χ4v) is 3.16. The molecule has 1 unspecified atom stereocenters. The van der Waals surface area contributed by atoms with Crippen LogP contribution in [0.1, 0.15) is 51.2 Å². The van der Waals surface area contributed by atoms with E-state index in [-0.39, 0.29) is 23.9 Å². The van der Waals surface area contributed by atoms with E-state index < -0.39 is 0 Å². The molecule has 0 aliphatic carbocycles. The van der Waals surface area contributed by atoms with E-state index in [4.69, 9.17) is 4.52 Å². The number of rotatable bonds is 5. The molecule has 3 heterocycles. The fraction of sp³-hybridized carbons (Fsp3) is 0.667. The van der Waals surface area contributed by atoms with Crippen molar-refractivity contribution in [3.05, 3.63) is 17.7 Å². The topological polar surface area (TPSA) is 92.3 Å². The number of carbonyl (C=O) groups is 1. The minimum absolute atomic E-state index is 0.0198. The van der Waals surface area contributed by atoms with E-state index in [0.717, 1.165) is 25.1 Å². The normalized spacial score (nSPS) is 18.1. The maximum Gasteiger partial charge on any atom is 0.265 e. The Morgan fingerprint density at radius 2 is 2.15 bits per heavy atom.